The molecule has 3 nitrogen and oxygen atoms in total. The molecule has 0 fully saturated rings. The van der Waals surface area contributed by atoms with E-state index in [-0.39, 0.29) is 11.5 Å². The SMILES string of the molecule is Oc1ccc2c(c1)COc1cccc(O)c1-2. The molecule has 2 aromatic rings. The Bertz CT molecular complexity index is 561. The van der Waals surface area contributed by atoms with Crippen molar-refractivity contribution in [2.24, 2.45) is 0 Å². The van der Waals surface area contributed by atoms with E-state index in [1.165, 1.54) is 0 Å². The first-order chi connectivity index (χ1) is 7.75. The standard InChI is InChI=1S/C13H10O3/c14-9-4-5-10-8(6-9)7-16-12-3-1-2-11(15)13(10)12/h1-6,14-15H,7H2. The largest absolute Gasteiger partial charge is 0.508 e. The average molecular weight is 214 g/mol. The molecule has 16 heavy (non-hydrogen) atoms. The van der Waals surface area contributed by atoms with Gasteiger partial charge in [-0.3, -0.25) is 0 Å². The lowest BCUT2D eigenvalue weighted by atomic mass is 9.96. The summed E-state index contributed by atoms with van der Waals surface area (Å²) in [6.45, 7) is 0.417. The Morgan fingerprint density at radius 2 is 1.94 bits per heavy atom. The summed E-state index contributed by atoms with van der Waals surface area (Å²) in [4.78, 5) is 0. The summed E-state index contributed by atoms with van der Waals surface area (Å²) in [5.41, 5.74) is 2.50. The van der Waals surface area contributed by atoms with Gasteiger partial charge in [-0.05, 0) is 29.8 Å². The van der Waals surface area contributed by atoms with Crippen LogP contribution in [0.2, 0.25) is 0 Å². The molecule has 3 rings (SSSR count). The summed E-state index contributed by atoms with van der Waals surface area (Å²) in [5.74, 6) is 1.09. The molecule has 80 valence electrons. The topological polar surface area (TPSA) is 49.7 Å². The molecule has 2 aromatic carbocycles. The van der Waals surface area contributed by atoms with E-state index in [1.54, 1.807) is 30.3 Å². The Balaban J connectivity index is 2.30. The molecule has 0 saturated heterocycles. The molecule has 0 aliphatic carbocycles. The maximum atomic E-state index is 9.83. The van der Waals surface area contributed by atoms with Crippen LogP contribution in [0.1, 0.15) is 5.56 Å². The molecule has 0 spiro atoms. The molecule has 1 aliphatic rings. The molecule has 2 N–H and O–H groups in total. The summed E-state index contributed by atoms with van der Waals surface area (Å²) in [6.07, 6.45) is 0. The van der Waals surface area contributed by atoms with Crippen molar-refractivity contribution in [1.82, 2.24) is 0 Å². The van der Waals surface area contributed by atoms with Gasteiger partial charge in [0.25, 0.3) is 0 Å². The van der Waals surface area contributed by atoms with E-state index in [9.17, 15) is 10.2 Å². The molecular formula is C13H10O3. The predicted octanol–water partition coefficient (Wildman–Crippen LogP) is 2.66. The maximum Gasteiger partial charge on any atom is 0.131 e. The zero-order valence-corrected chi connectivity index (χ0v) is 8.47. The molecule has 0 atom stereocenters. The Hall–Kier alpha value is -2.16. The van der Waals surface area contributed by atoms with Crippen molar-refractivity contribution >= 4 is 0 Å². The van der Waals surface area contributed by atoms with Gasteiger partial charge in [0.2, 0.25) is 0 Å². The third kappa shape index (κ3) is 1.21. The van der Waals surface area contributed by atoms with Gasteiger partial charge in [-0.25, -0.2) is 0 Å². The molecule has 1 aliphatic heterocycles. The first kappa shape index (κ1) is 9.09. The normalized spacial score (nSPS) is 12.5. The second-order valence-corrected chi connectivity index (χ2v) is 3.78. The molecule has 3 heteroatoms. The Morgan fingerprint density at radius 3 is 2.81 bits per heavy atom. The highest BCUT2D eigenvalue weighted by Crippen LogP contribution is 2.43. The van der Waals surface area contributed by atoms with Gasteiger partial charge in [-0.15, -0.1) is 0 Å². The van der Waals surface area contributed by atoms with Gasteiger partial charge in [0.1, 0.15) is 23.9 Å². The van der Waals surface area contributed by atoms with Gasteiger partial charge in [0, 0.05) is 5.56 Å². The fraction of sp³-hybridized carbons (Fsp3) is 0.0769. The van der Waals surface area contributed by atoms with Gasteiger partial charge in [-0.2, -0.15) is 0 Å². The summed E-state index contributed by atoms with van der Waals surface area (Å²) < 4.78 is 5.51. The molecule has 0 amide bonds. The van der Waals surface area contributed by atoms with E-state index in [1.807, 2.05) is 6.07 Å². The van der Waals surface area contributed by atoms with Crippen LogP contribution in [-0.2, 0) is 6.61 Å². The molecular weight excluding hydrogens is 204 g/mol. The van der Waals surface area contributed by atoms with Crippen LogP contribution in [-0.4, -0.2) is 10.2 Å². The quantitative estimate of drug-likeness (QED) is 0.708. The molecule has 0 radical (unpaired) electrons. The van der Waals surface area contributed by atoms with Crippen molar-refractivity contribution in [3.63, 3.8) is 0 Å². The number of phenolic OH excluding ortho intramolecular Hbond substituents is 2. The summed E-state index contributed by atoms with van der Waals surface area (Å²) in [7, 11) is 0. The molecule has 0 saturated carbocycles. The van der Waals surface area contributed by atoms with E-state index in [0.29, 0.717) is 17.9 Å². The van der Waals surface area contributed by atoms with E-state index in [4.69, 9.17) is 4.74 Å². The second kappa shape index (κ2) is 3.17. The van der Waals surface area contributed by atoms with Crippen LogP contribution < -0.4 is 4.74 Å². The van der Waals surface area contributed by atoms with Gasteiger partial charge in [0.05, 0.1) is 5.56 Å². The average Bonchev–Trinajstić information content (AvgIpc) is 2.29. The summed E-state index contributed by atoms with van der Waals surface area (Å²) in [5, 5.41) is 19.2. The Labute approximate surface area is 92.5 Å². The van der Waals surface area contributed by atoms with Gasteiger partial charge >= 0.3 is 0 Å². The number of benzene rings is 2. The Morgan fingerprint density at radius 1 is 1.06 bits per heavy atom. The monoisotopic (exact) mass is 214 g/mol. The second-order valence-electron chi connectivity index (χ2n) is 3.78. The molecule has 1 heterocycles. The van der Waals surface area contributed by atoms with Crippen molar-refractivity contribution < 1.29 is 14.9 Å². The minimum absolute atomic E-state index is 0.198. The van der Waals surface area contributed by atoms with Crippen molar-refractivity contribution in [1.29, 1.82) is 0 Å². The first-order valence-corrected chi connectivity index (χ1v) is 5.03. The van der Waals surface area contributed by atoms with Crippen molar-refractivity contribution in [2.75, 3.05) is 0 Å². The summed E-state index contributed by atoms with van der Waals surface area (Å²) >= 11 is 0. The fourth-order valence-electron chi connectivity index (χ4n) is 2.01. The number of fused-ring (bicyclic) bond motifs is 3. The fourth-order valence-corrected chi connectivity index (χ4v) is 2.01. The number of hydrogen-bond donors (Lipinski definition) is 2. The Kier molecular flexibility index (Phi) is 1.80. The van der Waals surface area contributed by atoms with Crippen LogP contribution in [0, 0.1) is 0 Å². The van der Waals surface area contributed by atoms with Gasteiger partial charge in [0.15, 0.2) is 0 Å². The van der Waals surface area contributed by atoms with Crippen LogP contribution in [0.4, 0.5) is 0 Å². The highest BCUT2D eigenvalue weighted by atomic mass is 16.5. The lowest BCUT2D eigenvalue weighted by Crippen LogP contribution is -2.05. The van der Waals surface area contributed by atoms with E-state index in [0.717, 1.165) is 11.1 Å². The highest BCUT2D eigenvalue weighted by molar-refractivity contribution is 5.80. The van der Waals surface area contributed by atoms with Gasteiger partial charge < -0.3 is 14.9 Å². The molecule has 0 unspecified atom stereocenters. The number of rotatable bonds is 0. The third-order valence-electron chi connectivity index (χ3n) is 2.75. The van der Waals surface area contributed by atoms with Crippen LogP contribution >= 0.6 is 0 Å². The van der Waals surface area contributed by atoms with E-state index in [2.05, 4.69) is 0 Å². The van der Waals surface area contributed by atoms with Gasteiger partial charge in [-0.1, -0.05) is 12.1 Å². The van der Waals surface area contributed by atoms with Crippen molar-refractivity contribution in [2.45, 2.75) is 6.61 Å². The number of ether oxygens (including phenoxy) is 1. The predicted molar refractivity (Wildman–Crippen MR) is 59.5 cm³/mol. The maximum absolute atomic E-state index is 9.83. The summed E-state index contributed by atoms with van der Waals surface area (Å²) in [6, 6.07) is 10.3. The molecule has 0 aromatic heterocycles. The zero-order valence-electron chi connectivity index (χ0n) is 8.47. The number of aromatic hydroxyl groups is 2. The lowest BCUT2D eigenvalue weighted by Gasteiger charge is -2.21. The number of phenols is 2. The van der Waals surface area contributed by atoms with Crippen LogP contribution in [0.15, 0.2) is 36.4 Å². The van der Waals surface area contributed by atoms with Crippen LogP contribution in [0.5, 0.6) is 17.2 Å². The minimum Gasteiger partial charge on any atom is -0.508 e. The molecule has 0 bridgehead atoms. The third-order valence-corrected chi connectivity index (χ3v) is 2.75. The van der Waals surface area contributed by atoms with E-state index < -0.39 is 0 Å². The van der Waals surface area contributed by atoms with Crippen molar-refractivity contribution in [3.05, 3.63) is 42.0 Å². The zero-order chi connectivity index (χ0) is 11.1. The number of hydrogen-bond acceptors (Lipinski definition) is 3. The van der Waals surface area contributed by atoms with E-state index >= 15 is 0 Å². The van der Waals surface area contributed by atoms with Crippen LogP contribution in [0.3, 0.4) is 0 Å². The van der Waals surface area contributed by atoms with Crippen LogP contribution in [0.25, 0.3) is 11.1 Å². The highest BCUT2D eigenvalue weighted by Gasteiger charge is 2.20. The smallest absolute Gasteiger partial charge is 0.131 e. The minimum atomic E-state index is 0.198. The first-order valence-electron chi connectivity index (χ1n) is 5.03. The lowest BCUT2D eigenvalue weighted by molar-refractivity contribution is 0.299. The van der Waals surface area contributed by atoms with Crippen molar-refractivity contribution in [3.8, 4) is 28.4 Å².